The van der Waals surface area contributed by atoms with Gasteiger partial charge in [0.25, 0.3) is 5.91 Å². The van der Waals surface area contributed by atoms with Crippen LogP contribution >= 0.6 is 0 Å². The second-order valence-electron chi connectivity index (χ2n) is 7.00. The van der Waals surface area contributed by atoms with E-state index >= 15 is 0 Å². The van der Waals surface area contributed by atoms with Gasteiger partial charge in [-0.25, -0.2) is 0 Å². The maximum Gasteiger partial charge on any atom is 0.256 e. The SMILES string of the molecule is COc1cccc(CN2CCC[C@@](O)(CN3CCCC3)C2=O)c1OC. The molecule has 2 aliphatic heterocycles. The number of piperidine rings is 1. The second kappa shape index (κ2) is 7.62. The number of carbonyl (C=O) groups is 1. The van der Waals surface area contributed by atoms with Crippen molar-refractivity contribution in [2.45, 2.75) is 37.8 Å². The monoisotopic (exact) mass is 348 g/mol. The predicted molar refractivity (Wildman–Crippen MR) is 94.8 cm³/mol. The van der Waals surface area contributed by atoms with Gasteiger partial charge in [-0.3, -0.25) is 9.69 Å². The number of hydrogen-bond donors (Lipinski definition) is 1. The number of para-hydroxylation sites is 1. The van der Waals surface area contributed by atoms with Gasteiger partial charge < -0.3 is 19.5 Å². The van der Waals surface area contributed by atoms with E-state index in [4.69, 9.17) is 9.47 Å². The maximum atomic E-state index is 13.0. The number of amides is 1. The molecular formula is C19H28N2O4. The van der Waals surface area contributed by atoms with Crippen LogP contribution in [-0.4, -0.2) is 66.8 Å². The molecule has 0 spiro atoms. The summed E-state index contributed by atoms with van der Waals surface area (Å²) in [5.74, 6) is 1.12. The first-order chi connectivity index (χ1) is 12.1. The highest BCUT2D eigenvalue weighted by Gasteiger charge is 2.43. The summed E-state index contributed by atoms with van der Waals surface area (Å²) < 4.78 is 10.8. The summed E-state index contributed by atoms with van der Waals surface area (Å²) in [6, 6.07) is 5.66. The quantitative estimate of drug-likeness (QED) is 0.847. The van der Waals surface area contributed by atoms with Crippen LogP contribution in [-0.2, 0) is 11.3 Å². The number of hydrogen-bond acceptors (Lipinski definition) is 5. The van der Waals surface area contributed by atoms with Gasteiger partial charge >= 0.3 is 0 Å². The molecule has 2 heterocycles. The van der Waals surface area contributed by atoms with Crippen molar-refractivity contribution < 1.29 is 19.4 Å². The molecule has 6 nitrogen and oxygen atoms in total. The predicted octanol–water partition coefficient (Wildman–Crippen LogP) is 1.65. The molecule has 1 atom stereocenters. The van der Waals surface area contributed by atoms with E-state index in [-0.39, 0.29) is 5.91 Å². The molecule has 0 radical (unpaired) electrons. The van der Waals surface area contributed by atoms with Crippen molar-refractivity contribution >= 4 is 5.91 Å². The van der Waals surface area contributed by atoms with Gasteiger partial charge in [-0.1, -0.05) is 12.1 Å². The minimum Gasteiger partial charge on any atom is -0.493 e. The summed E-state index contributed by atoms with van der Waals surface area (Å²) in [4.78, 5) is 16.9. The molecule has 6 heteroatoms. The van der Waals surface area contributed by atoms with Crippen LogP contribution in [0, 0.1) is 0 Å². The van der Waals surface area contributed by atoms with Crippen molar-refractivity contribution in [2.75, 3.05) is 40.4 Å². The average molecular weight is 348 g/mol. The van der Waals surface area contributed by atoms with E-state index in [0.29, 0.717) is 37.6 Å². The molecular weight excluding hydrogens is 320 g/mol. The number of rotatable bonds is 6. The molecule has 1 N–H and O–H groups in total. The van der Waals surface area contributed by atoms with Crippen LogP contribution < -0.4 is 9.47 Å². The van der Waals surface area contributed by atoms with Crippen LogP contribution in [0.5, 0.6) is 11.5 Å². The van der Waals surface area contributed by atoms with Gasteiger partial charge in [-0.2, -0.15) is 0 Å². The average Bonchev–Trinajstić information content (AvgIpc) is 3.11. The molecule has 1 amide bonds. The summed E-state index contributed by atoms with van der Waals surface area (Å²) in [5, 5.41) is 11.0. The Morgan fingerprint density at radius 3 is 2.56 bits per heavy atom. The van der Waals surface area contributed by atoms with Crippen LogP contribution in [0.3, 0.4) is 0 Å². The zero-order valence-electron chi connectivity index (χ0n) is 15.2. The van der Waals surface area contributed by atoms with Gasteiger partial charge in [-0.05, 0) is 44.8 Å². The molecule has 25 heavy (non-hydrogen) atoms. The van der Waals surface area contributed by atoms with Gasteiger partial charge in [0.1, 0.15) is 0 Å². The lowest BCUT2D eigenvalue weighted by molar-refractivity contribution is -0.160. The Balaban J connectivity index is 1.75. The van der Waals surface area contributed by atoms with E-state index in [0.717, 1.165) is 37.9 Å². The molecule has 1 aromatic rings. The third kappa shape index (κ3) is 3.75. The van der Waals surface area contributed by atoms with Crippen molar-refractivity contribution in [3.05, 3.63) is 23.8 Å². The van der Waals surface area contributed by atoms with Gasteiger partial charge in [0.05, 0.1) is 14.2 Å². The highest BCUT2D eigenvalue weighted by Crippen LogP contribution is 2.33. The minimum atomic E-state index is -1.27. The fourth-order valence-corrected chi connectivity index (χ4v) is 3.96. The van der Waals surface area contributed by atoms with E-state index in [1.807, 2.05) is 18.2 Å². The van der Waals surface area contributed by atoms with Gasteiger partial charge in [0.15, 0.2) is 17.1 Å². The van der Waals surface area contributed by atoms with Crippen LogP contribution in [0.4, 0.5) is 0 Å². The number of β-amino-alcohol motifs (C(OH)–C–C–N with tert-alkyl or cyclic N) is 1. The Hall–Kier alpha value is -1.79. The first kappa shape index (κ1) is 18.0. The molecule has 0 unspecified atom stereocenters. The van der Waals surface area contributed by atoms with Crippen molar-refractivity contribution in [2.24, 2.45) is 0 Å². The van der Waals surface area contributed by atoms with Crippen LogP contribution in [0.15, 0.2) is 18.2 Å². The Kier molecular flexibility index (Phi) is 5.49. The first-order valence-corrected chi connectivity index (χ1v) is 9.01. The molecule has 0 bridgehead atoms. The number of aliphatic hydroxyl groups is 1. The number of benzene rings is 1. The summed E-state index contributed by atoms with van der Waals surface area (Å²) in [6.07, 6.45) is 3.64. The molecule has 0 aliphatic carbocycles. The number of likely N-dealkylation sites (tertiary alicyclic amines) is 2. The zero-order chi connectivity index (χ0) is 17.9. The Morgan fingerprint density at radius 2 is 1.88 bits per heavy atom. The minimum absolute atomic E-state index is 0.171. The molecule has 2 fully saturated rings. The lowest BCUT2D eigenvalue weighted by atomic mass is 9.90. The van der Waals surface area contributed by atoms with Crippen molar-refractivity contribution in [1.29, 1.82) is 0 Å². The summed E-state index contributed by atoms with van der Waals surface area (Å²) in [6.45, 7) is 3.46. The summed E-state index contributed by atoms with van der Waals surface area (Å²) in [7, 11) is 3.20. The third-order valence-electron chi connectivity index (χ3n) is 5.23. The van der Waals surface area contributed by atoms with Crippen LogP contribution in [0.1, 0.15) is 31.2 Å². The third-order valence-corrected chi connectivity index (χ3v) is 5.23. The normalized spacial score (nSPS) is 24.6. The van der Waals surface area contributed by atoms with E-state index in [1.54, 1.807) is 19.1 Å². The van der Waals surface area contributed by atoms with Crippen molar-refractivity contribution in [3.63, 3.8) is 0 Å². The number of nitrogens with zero attached hydrogens (tertiary/aromatic N) is 2. The Labute approximate surface area is 149 Å². The lowest BCUT2D eigenvalue weighted by Gasteiger charge is -2.40. The zero-order valence-corrected chi connectivity index (χ0v) is 15.2. The summed E-state index contributed by atoms with van der Waals surface area (Å²) in [5.41, 5.74) is -0.380. The van der Waals surface area contributed by atoms with E-state index in [2.05, 4.69) is 4.90 Å². The Bertz CT molecular complexity index is 615. The van der Waals surface area contributed by atoms with Gasteiger partial charge in [-0.15, -0.1) is 0 Å². The van der Waals surface area contributed by atoms with Gasteiger partial charge in [0, 0.05) is 25.2 Å². The van der Waals surface area contributed by atoms with Crippen LogP contribution in [0.2, 0.25) is 0 Å². The first-order valence-electron chi connectivity index (χ1n) is 9.01. The van der Waals surface area contributed by atoms with Gasteiger partial charge in [0.2, 0.25) is 0 Å². The van der Waals surface area contributed by atoms with E-state index in [1.165, 1.54) is 0 Å². The molecule has 2 aliphatic rings. The molecule has 3 rings (SSSR count). The van der Waals surface area contributed by atoms with E-state index in [9.17, 15) is 9.90 Å². The lowest BCUT2D eigenvalue weighted by Crippen LogP contribution is -2.58. The number of carbonyl (C=O) groups excluding carboxylic acids is 1. The standard InChI is InChI=1S/C19H28N2O4/c1-24-16-8-5-7-15(17(16)25-2)13-21-12-6-9-19(23,18(21)22)14-20-10-3-4-11-20/h5,7-8,23H,3-4,6,9-14H2,1-2H3/t19-/m1/s1. The molecule has 0 aromatic heterocycles. The number of ether oxygens (including phenoxy) is 2. The fraction of sp³-hybridized carbons (Fsp3) is 0.632. The Morgan fingerprint density at radius 1 is 1.12 bits per heavy atom. The van der Waals surface area contributed by atoms with E-state index < -0.39 is 5.60 Å². The fourth-order valence-electron chi connectivity index (χ4n) is 3.96. The van der Waals surface area contributed by atoms with Crippen molar-refractivity contribution in [1.82, 2.24) is 9.80 Å². The highest BCUT2D eigenvalue weighted by molar-refractivity contribution is 5.86. The maximum absolute atomic E-state index is 13.0. The molecule has 1 aromatic carbocycles. The molecule has 2 saturated heterocycles. The largest absolute Gasteiger partial charge is 0.493 e. The smallest absolute Gasteiger partial charge is 0.256 e. The number of methoxy groups -OCH3 is 2. The molecule has 138 valence electrons. The highest BCUT2D eigenvalue weighted by atomic mass is 16.5. The van der Waals surface area contributed by atoms with Crippen LogP contribution in [0.25, 0.3) is 0 Å². The second-order valence-corrected chi connectivity index (χ2v) is 7.00. The van der Waals surface area contributed by atoms with Crippen molar-refractivity contribution in [3.8, 4) is 11.5 Å². The topological polar surface area (TPSA) is 62.2 Å². The molecule has 0 saturated carbocycles. The summed E-state index contributed by atoms with van der Waals surface area (Å²) >= 11 is 0.